The minimum atomic E-state index is -0.203. The van der Waals surface area contributed by atoms with Crippen molar-refractivity contribution in [2.75, 3.05) is 39.9 Å². The van der Waals surface area contributed by atoms with Crippen LogP contribution in [0.5, 0.6) is 28.7 Å². The van der Waals surface area contributed by atoms with Crippen molar-refractivity contribution in [3.63, 3.8) is 0 Å². The summed E-state index contributed by atoms with van der Waals surface area (Å²) in [5.74, 6) is 2.32. The van der Waals surface area contributed by atoms with E-state index in [1.807, 2.05) is 49.1 Å². The average Bonchev–Trinajstić information content (AvgIpc) is 3.83. The topological polar surface area (TPSA) is 124 Å². The number of methoxy groups -OCH3 is 3. The molecule has 4 aromatic rings. The van der Waals surface area contributed by atoms with Gasteiger partial charge in [0.2, 0.25) is 0 Å². The van der Waals surface area contributed by atoms with Gasteiger partial charge in [-0.15, -0.1) is 0 Å². The van der Waals surface area contributed by atoms with Gasteiger partial charge in [0.05, 0.1) is 69.1 Å². The van der Waals surface area contributed by atoms with Crippen molar-refractivity contribution in [3.05, 3.63) is 107 Å². The molecule has 4 aliphatic rings. The maximum atomic E-state index is 13.9. The highest BCUT2D eigenvalue weighted by atomic mass is 16.5. The Morgan fingerprint density at radius 3 is 1.60 bits per heavy atom. The Bertz CT molecular complexity index is 2330. The number of rotatable bonds is 14. The molecule has 0 spiro atoms. The van der Waals surface area contributed by atoms with Crippen LogP contribution in [0.4, 0.5) is 17.1 Å². The summed E-state index contributed by atoms with van der Waals surface area (Å²) in [6.45, 7) is 4.93. The predicted molar refractivity (Wildman–Crippen MR) is 226 cm³/mol. The summed E-state index contributed by atoms with van der Waals surface area (Å²) in [6.07, 6.45) is 10.4. The Balaban J connectivity index is 0.893. The molecule has 12 heteroatoms. The highest BCUT2D eigenvalue weighted by Gasteiger charge is 2.35. The number of benzene rings is 4. The zero-order chi connectivity index (χ0) is 40.3. The number of carbonyl (C=O) groups excluding carboxylic acids is 2. The van der Waals surface area contributed by atoms with Gasteiger partial charge < -0.3 is 38.8 Å². The summed E-state index contributed by atoms with van der Waals surface area (Å²) in [5.41, 5.74) is 7.25. The van der Waals surface area contributed by atoms with Gasteiger partial charge in [0.1, 0.15) is 5.75 Å². The van der Waals surface area contributed by atoms with Gasteiger partial charge in [-0.25, -0.2) is 0 Å². The summed E-state index contributed by atoms with van der Waals surface area (Å²) < 4.78 is 28.9. The molecular weight excluding hydrogens is 735 g/mol. The Labute approximate surface area is 338 Å². The van der Waals surface area contributed by atoms with Gasteiger partial charge >= 0.3 is 0 Å². The van der Waals surface area contributed by atoms with Crippen LogP contribution in [0.1, 0.15) is 71.4 Å². The Morgan fingerprint density at radius 1 is 0.672 bits per heavy atom. The normalized spacial score (nSPS) is 18.2. The molecule has 298 valence electrons. The lowest BCUT2D eigenvalue weighted by atomic mass is 10.0. The molecule has 4 aromatic carbocycles. The van der Waals surface area contributed by atoms with Crippen LogP contribution < -0.4 is 29.0 Å². The number of aliphatic imine (C=N–C) groups is 2. The zero-order valence-corrected chi connectivity index (χ0v) is 33.4. The first-order valence-corrected chi connectivity index (χ1v) is 19.6. The van der Waals surface area contributed by atoms with E-state index < -0.39 is 0 Å². The molecule has 1 N–H and O–H groups in total. The van der Waals surface area contributed by atoms with Crippen LogP contribution in [0.15, 0.2) is 95.2 Å². The second-order valence-electron chi connectivity index (χ2n) is 14.7. The first-order valence-electron chi connectivity index (χ1n) is 19.6. The van der Waals surface area contributed by atoms with E-state index in [-0.39, 0.29) is 23.9 Å². The van der Waals surface area contributed by atoms with E-state index in [4.69, 9.17) is 33.7 Å². The number of carbonyl (C=O) groups is 2. The minimum absolute atomic E-state index is 0.142. The quantitative estimate of drug-likeness (QED) is 0.126. The number of anilines is 1. The van der Waals surface area contributed by atoms with E-state index >= 15 is 0 Å². The van der Waals surface area contributed by atoms with Gasteiger partial charge in [-0.05, 0) is 72.0 Å². The smallest absolute Gasteiger partial charge is 0.260 e. The Morgan fingerprint density at radius 2 is 1.16 bits per heavy atom. The second-order valence-corrected chi connectivity index (χ2v) is 14.7. The average molecular weight is 782 g/mol. The van der Waals surface area contributed by atoms with Crippen LogP contribution in [0.2, 0.25) is 0 Å². The lowest BCUT2D eigenvalue weighted by molar-refractivity contribution is 0.0809. The fraction of sp³-hybridized carbons (Fsp3) is 0.304. The van der Waals surface area contributed by atoms with E-state index in [9.17, 15) is 9.59 Å². The lowest BCUT2D eigenvalue weighted by Gasteiger charge is -2.19. The van der Waals surface area contributed by atoms with Crippen molar-refractivity contribution in [1.29, 1.82) is 0 Å². The van der Waals surface area contributed by atoms with Crippen molar-refractivity contribution in [3.8, 4) is 28.7 Å². The molecule has 3 unspecified atom stereocenters. The molecule has 0 fully saturated rings. The van der Waals surface area contributed by atoms with Gasteiger partial charge in [-0.2, -0.15) is 0 Å². The van der Waals surface area contributed by atoms with E-state index in [0.29, 0.717) is 84.0 Å². The first-order chi connectivity index (χ1) is 28.3. The zero-order valence-electron chi connectivity index (χ0n) is 33.4. The molecule has 0 aromatic heterocycles. The third-order valence-electron chi connectivity index (χ3n) is 11.0. The highest BCUT2D eigenvalue weighted by molar-refractivity contribution is 6.06. The number of fused-ring (bicyclic) bond motifs is 4. The third-order valence-corrected chi connectivity index (χ3v) is 11.0. The molecule has 0 bridgehead atoms. The van der Waals surface area contributed by atoms with E-state index in [1.165, 1.54) is 0 Å². The van der Waals surface area contributed by atoms with Gasteiger partial charge in [0.15, 0.2) is 23.0 Å². The van der Waals surface area contributed by atoms with Gasteiger partial charge in [0.25, 0.3) is 11.8 Å². The molecule has 0 aliphatic carbocycles. The summed E-state index contributed by atoms with van der Waals surface area (Å²) >= 11 is 0. The molecule has 12 nitrogen and oxygen atoms in total. The molecule has 0 saturated heterocycles. The lowest BCUT2D eigenvalue weighted by Crippen LogP contribution is -2.32. The summed E-state index contributed by atoms with van der Waals surface area (Å²) in [7, 11) is 4.74. The molecule has 3 atom stereocenters. The SMILES string of the molecule is CCC(C)Nc1ccc(C2=CN3C(=O)c4cc(OC)c(OCCCOc5cc6c(cc5OC)C(=O)N5C=C(c7ccc(OC)cc7)CC5C=N6)cc4N=CC3C2)cc1. The van der Waals surface area contributed by atoms with Crippen molar-refractivity contribution < 1.29 is 33.3 Å². The highest BCUT2D eigenvalue weighted by Crippen LogP contribution is 2.42. The van der Waals surface area contributed by atoms with Gasteiger partial charge in [0, 0.05) is 68.0 Å². The monoisotopic (exact) mass is 781 g/mol. The number of hydrogen-bond acceptors (Lipinski definition) is 10. The van der Waals surface area contributed by atoms with Crippen LogP contribution in [-0.2, 0) is 0 Å². The van der Waals surface area contributed by atoms with Gasteiger partial charge in [-0.1, -0.05) is 31.2 Å². The number of amides is 2. The van der Waals surface area contributed by atoms with Gasteiger partial charge in [-0.3, -0.25) is 19.6 Å². The maximum absolute atomic E-state index is 13.9. The van der Waals surface area contributed by atoms with Crippen LogP contribution >= 0.6 is 0 Å². The molecule has 4 aliphatic heterocycles. The predicted octanol–water partition coefficient (Wildman–Crippen LogP) is 8.71. The third kappa shape index (κ3) is 7.61. The van der Waals surface area contributed by atoms with Crippen molar-refractivity contribution >= 4 is 52.5 Å². The molecule has 4 heterocycles. The minimum Gasteiger partial charge on any atom is -0.497 e. The summed E-state index contributed by atoms with van der Waals surface area (Å²) in [6, 6.07) is 23.1. The molecule has 0 radical (unpaired) electrons. The Hall–Kier alpha value is -6.56. The molecule has 2 amide bonds. The van der Waals surface area contributed by atoms with Crippen LogP contribution in [0.3, 0.4) is 0 Å². The fourth-order valence-corrected chi connectivity index (χ4v) is 7.54. The van der Waals surface area contributed by atoms with E-state index in [0.717, 1.165) is 40.1 Å². The number of nitrogens with one attached hydrogen (secondary N) is 1. The van der Waals surface area contributed by atoms with Crippen LogP contribution in [-0.4, -0.2) is 86.7 Å². The number of hydrogen-bond donors (Lipinski definition) is 1. The molecule has 8 rings (SSSR count). The molecule has 58 heavy (non-hydrogen) atoms. The molecular formula is C46H47N5O7. The summed E-state index contributed by atoms with van der Waals surface area (Å²) in [5, 5.41) is 3.50. The van der Waals surface area contributed by atoms with E-state index in [1.54, 1.807) is 55.4 Å². The fourth-order valence-electron chi connectivity index (χ4n) is 7.54. The van der Waals surface area contributed by atoms with Crippen molar-refractivity contribution in [1.82, 2.24) is 9.80 Å². The standard InChI is InChI=1S/C46H47N5O7/c1-6-28(2)49-33-12-8-29(9-13-33)31-18-34-24-47-39-22-43(41(55-4)20-37(39)45(52)50(34)26-31)57-16-7-17-58-44-23-40-38(21-42(44)56-5)46(53)51-27-32(19-35(51)25-48-40)30-10-14-36(54-3)15-11-30/h8-15,20-28,34-35,49H,6-7,16-19H2,1-5H3. The first kappa shape index (κ1) is 38.3. The second kappa shape index (κ2) is 16.5. The molecule has 0 saturated carbocycles. The van der Waals surface area contributed by atoms with Crippen molar-refractivity contribution in [2.24, 2.45) is 9.98 Å². The van der Waals surface area contributed by atoms with Crippen molar-refractivity contribution in [2.45, 2.75) is 57.7 Å². The van der Waals surface area contributed by atoms with E-state index in [2.05, 4.69) is 43.4 Å². The number of ether oxygens (including phenoxy) is 5. The van der Waals surface area contributed by atoms with Crippen LogP contribution in [0.25, 0.3) is 11.1 Å². The summed E-state index contributed by atoms with van der Waals surface area (Å²) in [4.78, 5) is 40.6. The number of nitrogens with zero attached hydrogens (tertiary/aromatic N) is 4. The maximum Gasteiger partial charge on any atom is 0.260 e. The Kier molecular flexibility index (Phi) is 10.9. The van der Waals surface area contributed by atoms with Crippen LogP contribution in [0, 0.1) is 0 Å². The largest absolute Gasteiger partial charge is 0.497 e.